The highest BCUT2D eigenvalue weighted by molar-refractivity contribution is 7.92. The molecule has 0 aromatic heterocycles. The van der Waals surface area contributed by atoms with Gasteiger partial charge < -0.3 is 14.8 Å². The van der Waals surface area contributed by atoms with E-state index in [0.29, 0.717) is 5.56 Å². The highest BCUT2D eigenvalue weighted by Gasteiger charge is 2.24. The number of benzene rings is 2. The monoisotopic (exact) mass is 410 g/mol. The minimum absolute atomic E-state index is 0.0968. The van der Waals surface area contributed by atoms with E-state index in [-0.39, 0.29) is 28.6 Å². The van der Waals surface area contributed by atoms with Crippen LogP contribution in [0.4, 0.5) is 10.1 Å². The van der Waals surface area contributed by atoms with E-state index < -0.39 is 22.0 Å². The molecule has 0 fully saturated rings. The molecule has 0 saturated heterocycles. The van der Waals surface area contributed by atoms with Crippen molar-refractivity contribution in [2.75, 3.05) is 31.8 Å². The molecule has 0 bridgehead atoms. The molecule has 0 aliphatic heterocycles. The number of methoxy groups -OCH3 is 2. The summed E-state index contributed by atoms with van der Waals surface area (Å²) in [6, 6.07) is 8.16. The normalized spacial score (nSPS) is 12.2. The van der Waals surface area contributed by atoms with E-state index in [9.17, 15) is 17.6 Å². The smallest absolute Gasteiger partial charge is 0.254 e. The molecule has 152 valence electrons. The van der Waals surface area contributed by atoms with Crippen LogP contribution >= 0.6 is 0 Å². The molecular weight excluding hydrogens is 387 g/mol. The molecule has 7 nitrogen and oxygen atoms in total. The molecule has 1 atom stereocenters. The van der Waals surface area contributed by atoms with Gasteiger partial charge in [0, 0.05) is 13.1 Å². The van der Waals surface area contributed by atoms with Crippen molar-refractivity contribution in [2.24, 2.45) is 0 Å². The number of nitrogens with one attached hydrogen (secondary N) is 1. The summed E-state index contributed by atoms with van der Waals surface area (Å²) < 4.78 is 48.6. The maximum absolute atomic E-state index is 13.1. The van der Waals surface area contributed by atoms with Crippen molar-refractivity contribution in [2.45, 2.75) is 13.0 Å². The second-order valence-electron chi connectivity index (χ2n) is 6.20. The van der Waals surface area contributed by atoms with Gasteiger partial charge in [-0.1, -0.05) is 12.1 Å². The first-order chi connectivity index (χ1) is 13.1. The van der Waals surface area contributed by atoms with Gasteiger partial charge in [0.1, 0.15) is 5.82 Å². The first-order valence-corrected chi connectivity index (χ1v) is 10.2. The van der Waals surface area contributed by atoms with Crippen LogP contribution < -0.4 is 19.1 Å². The molecule has 1 amide bonds. The fourth-order valence-electron chi connectivity index (χ4n) is 2.60. The molecular formula is C19H23FN2O5S. The number of halogens is 1. The van der Waals surface area contributed by atoms with Gasteiger partial charge in [0.2, 0.25) is 10.0 Å². The van der Waals surface area contributed by atoms with Gasteiger partial charge in [-0.25, -0.2) is 12.8 Å². The Balaban J connectivity index is 2.46. The van der Waals surface area contributed by atoms with Gasteiger partial charge in [0.25, 0.3) is 5.91 Å². The zero-order valence-electron chi connectivity index (χ0n) is 16.3. The first kappa shape index (κ1) is 21.5. The van der Waals surface area contributed by atoms with Gasteiger partial charge in [-0.2, -0.15) is 0 Å². The van der Waals surface area contributed by atoms with E-state index in [4.69, 9.17) is 9.47 Å². The second-order valence-corrected chi connectivity index (χ2v) is 8.22. The quantitative estimate of drug-likeness (QED) is 0.759. The van der Waals surface area contributed by atoms with E-state index in [1.807, 2.05) is 0 Å². The lowest BCUT2D eigenvalue weighted by Crippen LogP contribution is -2.31. The predicted octanol–water partition coefficient (Wildman–Crippen LogP) is 2.73. The number of hydrogen-bond donors (Lipinski definition) is 1. The van der Waals surface area contributed by atoms with Crippen molar-refractivity contribution in [3.63, 3.8) is 0 Å². The number of amides is 1. The van der Waals surface area contributed by atoms with Crippen molar-refractivity contribution in [3.8, 4) is 11.5 Å². The molecule has 0 radical (unpaired) electrons. The Kier molecular flexibility index (Phi) is 6.50. The SMILES string of the molecule is COc1cc(C(=O)NC(C)c2ccc(F)cc2)c(N(C)S(C)(=O)=O)cc1OC. The zero-order valence-corrected chi connectivity index (χ0v) is 17.1. The topological polar surface area (TPSA) is 84.9 Å². The van der Waals surface area contributed by atoms with E-state index in [0.717, 1.165) is 10.6 Å². The highest BCUT2D eigenvalue weighted by Crippen LogP contribution is 2.36. The van der Waals surface area contributed by atoms with Crippen LogP contribution in [-0.4, -0.2) is 41.8 Å². The number of anilines is 1. The molecule has 2 aromatic rings. The number of carbonyl (C=O) groups is 1. The standard InChI is InChI=1S/C19H23FN2O5S/c1-12(13-6-8-14(20)9-7-13)21-19(23)15-10-17(26-3)18(27-4)11-16(15)22(2)28(5,24)25/h6-12H,1-5H3,(H,21,23). The third-order valence-electron chi connectivity index (χ3n) is 4.30. The molecule has 28 heavy (non-hydrogen) atoms. The zero-order chi connectivity index (χ0) is 21.1. The van der Waals surface area contributed by atoms with Crippen molar-refractivity contribution < 1.29 is 27.1 Å². The number of ether oxygens (including phenoxy) is 2. The van der Waals surface area contributed by atoms with Crippen molar-refractivity contribution in [3.05, 3.63) is 53.3 Å². The largest absolute Gasteiger partial charge is 0.493 e. The summed E-state index contributed by atoms with van der Waals surface area (Å²) in [4.78, 5) is 12.9. The van der Waals surface area contributed by atoms with Crippen LogP contribution in [0.5, 0.6) is 11.5 Å². The van der Waals surface area contributed by atoms with E-state index in [2.05, 4.69) is 5.32 Å². The summed E-state index contributed by atoms with van der Waals surface area (Å²) in [6.07, 6.45) is 1.03. The average molecular weight is 410 g/mol. The minimum atomic E-state index is -3.63. The Morgan fingerprint density at radius 1 is 1.11 bits per heavy atom. The fourth-order valence-corrected chi connectivity index (χ4v) is 3.11. The first-order valence-electron chi connectivity index (χ1n) is 8.34. The van der Waals surface area contributed by atoms with Gasteiger partial charge in [0.15, 0.2) is 11.5 Å². The van der Waals surface area contributed by atoms with Gasteiger partial charge in [0.05, 0.1) is 37.8 Å². The molecule has 9 heteroatoms. The lowest BCUT2D eigenvalue weighted by atomic mass is 10.1. The molecule has 2 rings (SSSR count). The van der Waals surface area contributed by atoms with E-state index in [1.165, 1.54) is 45.5 Å². The fraction of sp³-hybridized carbons (Fsp3) is 0.316. The Bertz CT molecular complexity index is 961. The lowest BCUT2D eigenvalue weighted by Gasteiger charge is -2.23. The second kappa shape index (κ2) is 8.47. The molecule has 0 saturated carbocycles. The number of nitrogens with zero attached hydrogens (tertiary/aromatic N) is 1. The van der Waals surface area contributed by atoms with Crippen LogP contribution in [0.1, 0.15) is 28.9 Å². The average Bonchev–Trinajstić information content (AvgIpc) is 2.65. The molecule has 1 N–H and O–H groups in total. The molecule has 0 aliphatic carbocycles. The Morgan fingerprint density at radius 2 is 1.64 bits per heavy atom. The van der Waals surface area contributed by atoms with Gasteiger partial charge in [-0.15, -0.1) is 0 Å². The molecule has 0 heterocycles. The highest BCUT2D eigenvalue weighted by atomic mass is 32.2. The number of rotatable bonds is 7. The summed E-state index contributed by atoms with van der Waals surface area (Å²) in [5.74, 6) is -0.314. The van der Waals surface area contributed by atoms with Crippen LogP contribution in [0.3, 0.4) is 0 Å². The minimum Gasteiger partial charge on any atom is -0.493 e. The van der Waals surface area contributed by atoms with Crippen LogP contribution in [0.2, 0.25) is 0 Å². The van der Waals surface area contributed by atoms with Crippen molar-refractivity contribution in [1.82, 2.24) is 5.32 Å². The summed E-state index contributed by atoms with van der Waals surface area (Å²) in [7, 11) is 0.550. The van der Waals surface area contributed by atoms with E-state index in [1.54, 1.807) is 19.1 Å². The molecule has 0 aliphatic rings. The third-order valence-corrected chi connectivity index (χ3v) is 5.49. The van der Waals surface area contributed by atoms with Crippen LogP contribution in [0.25, 0.3) is 0 Å². The van der Waals surface area contributed by atoms with Gasteiger partial charge in [-0.3, -0.25) is 9.10 Å². The summed E-state index contributed by atoms with van der Waals surface area (Å²) in [6.45, 7) is 1.74. The summed E-state index contributed by atoms with van der Waals surface area (Å²) in [5, 5.41) is 2.79. The summed E-state index contributed by atoms with van der Waals surface area (Å²) >= 11 is 0. The molecule has 0 spiro atoms. The Morgan fingerprint density at radius 3 is 2.14 bits per heavy atom. The molecule has 1 unspecified atom stereocenters. The number of hydrogen-bond acceptors (Lipinski definition) is 5. The third kappa shape index (κ3) is 4.72. The van der Waals surface area contributed by atoms with Crippen LogP contribution in [-0.2, 0) is 10.0 Å². The Hall–Kier alpha value is -2.81. The number of carbonyl (C=O) groups excluding carboxylic acids is 1. The Labute approximate surface area is 164 Å². The van der Waals surface area contributed by atoms with Crippen LogP contribution in [0, 0.1) is 5.82 Å². The van der Waals surface area contributed by atoms with Crippen LogP contribution in [0.15, 0.2) is 36.4 Å². The lowest BCUT2D eigenvalue weighted by molar-refractivity contribution is 0.0940. The molecule has 2 aromatic carbocycles. The van der Waals surface area contributed by atoms with Crippen molar-refractivity contribution >= 4 is 21.6 Å². The van der Waals surface area contributed by atoms with E-state index >= 15 is 0 Å². The van der Waals surface area contributed by atoms with Gasteiger partial charge >= 0.3 is 0 Å². The number of sulfonamides is 1. The van der Waals surface area contributed by atoms with Gasteiger partial charge in [-0.05, 0) is 30.7 Å². The summed E-state index contributed by atoms with van der Waals surface area (Å²) in [5.41, 5.74) is 0.941. The van der Waals surface area contributed by atoms with Crippen molar-refractivity contribution in [1.29, 1.82) is 0 Å². The maximum atomic E-state index is 13.1. The predicted molar refractivity (Wildman–Crippen MR) is 105 cm³/mol. The maximum Gasteiger partial charge on any atom is 0.254 e.